The van der Waals surface area contributed by atoms with Crippen molar-refractivity contribution < 1.29 is 24.2 Å². The molecule has 1 saturated heterocycles. The molecule has 218 valence electrons. The number of hydrogen-bond acceptors (Lipinski definition) is 8. The molecule has 1 fully saturated rings. The zero-order valence-corrected chi connectivity index (χ0v) is 23.8. The van der Waals surface area contributed by atoms with Gasteiger partial charge >= 0.3 is 0 Å². The molecule has 1 aliphatic heterocycles. The molecule has 0 bridgehead atoms. The van der Waals surface area contributed by atoms with Gasteiger partial charge in [0.25, 0.3) is 17.3 Å². The molecule has 3 aromatic rings. The Bertz CT molecular complexity index is 1440. The summed E-state index contributed by atoms with van der Waals surface area (Å²) < 4.78 is 5.71. The minimum atomic E-state index is -0.507. The zero-order valence-electron chi connectivity index (χ0n) is 23.0. The fourth-order valence-electron chi connectivity index (χ4n) is 4.19. The Hall–Kier alpha value is -4.87. The number of ether oxygens (including phenoxy) is 1. The quantitative estimate of drug-likeness (QED) is 0.191. The number of amides is 1. The maximum Gasteiger partial charge on any atom is 0.269 e. The van der Waals surface area contributed by atoms with Crippen molar-refractivity contribution in [1.82, 2.24) is 9.80 Å². The summed E-state index contributed by atoms with van der Waals surface area (Å²) in [6.45, 7) is 1.32. The summed E-state index contributed by atoms with van der Waals surface area (Å²) in [6, 6.07) is 18.3. The molecule has 11 nitrogen and oxygen atoms in total. The molecule has 0 aliphatic carbocycles. The van der Waals surface area contributed by atoms with Crippen LogP contribution < -0.4 is 4.74 Å². The van der Waals surface area contributed by atoms with Gasteiger partial charge in [0.2, 0.25) is 0 Å². The van der Waals surface area contributed by atoms with Crippen molar-refractivity contribution in [3.05, 3.63) is 121 Å². The van der Waals surface area contributed by atoms with E-state index in [1.165, 1.54) is 53.4 Å². The van der Waals surface area contributed by atoms with Gasteiger partial charge in [-0.1, -0.05) is 0 Å². The van der Waals surface area contributed by atoms with E-state index in [2.05, 4.69) is 0 Å². The lowest BCUT2D eigenvalue weighted by Gasteiger charge is -2.30. The lowest BCUT2D eigenvalue weighted by Crippen LogP contribution is -2.41. The normalized spacial score (nSPS) is 15.0. The molecule has 0 saturated carbocycles. The summed E-state index contributed by atoms with van der Waals surface area (Å²) in [6.07, 6.45) is 3.22. The summed E-state index contributed by atoms with van der Waals surface area (Å²) in [7, 11) is 3.90. The maximum atomic E-state index is 13.5. The van der Waals surface area contributed by atoms with Crippen LogP contribution in [0.2, 0.25) is 0 Å². The topological polar surface area (TPSA) is 136 Å². The zero-order chi connectivity index (χ0) is 29.5. The van der Waals surface area contributed by atoms with E-state index in [1.54, 1.807) is 36.4 Å². The van der Waals surface area contributed by atoms with E-state index < -0.39 is 9.85 Å². The Balaban J connectivity index is 0.00000484. The fourth-order valence-corrected chi connectivity index (χ4v) is 4.19. The first-order valence-corrected chi connectivity index (χ1v) is 12.7. The van der Waals surface area contributed by atoms with Crippen LogP contribution in [0.3, 0.4) is 0 Å². The average Bonchev–Trinajstić information content (AvgIpc) is 2.95. The number of nitrogens with zero attached hydrogens (tertiary/aromatic N) is 4. The molecular formula is C30H29ClN4O7. The van der Waals surface area contributed by atoms with Crippen LogP contribution >= 0.6 is 12.4 Å². The Morgan fingerprint density at radius 3 is 1.69 bits per heavy atom. The van der Waals surface area contributed by atoms with E-state index in [9.17, 15) is 29.8 Å². The number of likely N-dealkylation sites (tertiary alicyclic amines) is 1. The number of likely N-dealkylation sites (N-methyl/N-ethyl adjacent to an activating group) is 1. The number of Topliss-reactive ketones (excluding diaryl/α,β-unsaturated/α-hetero) is 1. The van der Waals surface area contributed by atoms with Crippen LogP contribution in [0.5, 0.6) is 5.75 Å². The fraction of sp³-hybridized carbons (Fsp3) is 0.200. The summed E-state index contributed by atoms with van der Waals surface area (Å²) >= 11 is 0. The van der Waals surface area contributed by atoms with Crippen molar-refractivity contribution >= 4 is 47.6 Å². The molecule has 0 aromatic heterocycles. The Morgan fingerprint density at radius 1 is 0.833 bits per heavy atom. The first kappa shape index (κ1) is 31.7. The molecule has 1 amide bonds. The Kier molecular flexibility index (Phi) is 10.7. The van der Waals surface area contributed by atoms with E-state index in [4.69, 9.17) is 4.74 Å². The second kappa shape index (κ2) is 14.2. The maximum absolute atomic E-state index is 13.5. The number of nitro groups is 2. The van der Waals surface area contributed by atoms with Crippen LogP contribution in [0.1, 0.15) is 21.5 Å². The summed E-state index contributed by atoms with van der Waals surface area (Å²) in [4.78, 5) is 51.6. The number of carbonyl (C=O) groups is 2. The number of non-ortho nitro benzene ring substituents is 2. The van der Waals surface area contributed by atoms with Gasteiger partial charge < -0.3 is 14.5 Å². The second-order valence-corrected chi connectivity index (χ2v) is 9.70. The lowest BCUT2D eigenvalue weighted by atomic mass is 9.93. The lowest BCUT2D eigenvalue weighted by molar-refractivity contribution is -0.385. The molecule has 0 atom stereocenters. The minimum Gasteiger partial charge on any atom is -0.492 e. The number of halogens is 1. The highest BCUT2D eigenvalue weighted by Crippen LogP contribution is 2.25. The largest absolute Gasteiger partial charge is 0.492 e. The number of carbonyl (C=O) groups excluding carboxylic acids is 2. The molecule has 0 unspecified atom stereocenters. The number of ketones is 1. The summed E-state index contributed by atoms with van der Waals surface area (Å²) in [5.74, 6) is 0.0617. The monoisotopic (exact) mass is 592 g/mol. The van der Waals surface area contributed by atoms with Crippen molar-refractivity contribution in [2.24, 2.45) is 0 Å². The van der Waals surface area contributed by atoms with Crippen molar-refractivity contribution in [3.63, 3.8) is 0 Å². The van der Waals surface area contributed by atoms with Crippen LogP contribution in [0.4, 0.5) is 11.4 Å². The molecular weight excluding hydrogens is 564 g/mol. The third-order valence-electron chi connectivity index (χ3n) is 6.39. The third-order valence-corrected chi connectivity index (χ3v) is 6.39. The molecule has 12 heteroatoms. The second-order valence-electron chi connectivity index (χ2n) is 9.70. The molecule has 42 heavy (non-hydrogen) atoms. The van der Waals surface area contributed by atoms with Crippen LogP contribution in [-0.2, 0) is 4.79 Å². The van der Waals surface area contributed by atoms with Gasteiger partial charge in [0, 0.05) is 47.5 Å². The van der Waals surface area contributed by atoms with Crippen molar-refractivity contribution in [3.8, 4) is 5.75 Å². The Morgan fingerprint density at radius 2 is 1.29 bits per heavy atom. The van der Waals surface area contributed by atoms with Gasteiger partial charge in [0.05, 0.1) is 22.9 Å². The van der Waals surface area contributed by atoms with E-state index in [0.29, 0.717) is 40.2 Å². The van der Waals surface area contributed by atoms with E-state index in [0.717, 1.165) is 6.54 Å². The third kappa shape index (κ3) is 8.09. The van der Waals surface area contributed by atoms with Gasteiger partial charge in [0.1, 0.15) is 12.4 Å². The molecule has 3 aromatic carbocycles. The predicted octanol–water partition coefficient (Wildman–Crippen LogP) is 5.06. The van der Waals surface area contributed by atoms with Gasteiger partial charge in [-0.3, -0.25) is 29.8 Å². The highest BCUT2D eigenvalue weighted by molar-refractivity contribution is 6.16. The SMILES string of the molecule is CN(C)CCOc1ccc(C(=O)N2C/C(=C\c3ccc([N+](=O)[O-])cc3)C(=O)/C(=C/c3ccc([N+](=O)[O-])cc3)C2)cc1.Cl. The molecule has 1 heterocycles. The molecule has 1 aliphatic rings. The average molecular weight is 593 g/mol. The van der Waals surface area contributed by atoms with E-state index >= 15 is 0 Å². The van der Waals surface area contributed by atoms with Gasteiger partial charge in [-0.15, -0.1) is 12.4 Å². The molecule has 4 rings (SSSR count). The summed E-state index contributed by atoms with van der Waals surface area (Å²) in [5.41, 5.74) is 2.07. The molecule has 0 radical (unpaired) electrons. The smallest absolute Gasteiger partial charge is 0.269 e. The predicted molar refractivity (Wildman–Crippen MR) is 161 cm³/mol. The van der Waals surface area contributed by atoms with Gasteiger partial charge in [0.15, 0.2) is 5.78 Å². The van der Waals surface area contributed by atoms with Crippen LogP contribution in [-0.4, -0.2) is 71.7 Å². The highest BCUT2D eigenvalue weighted by Gasteiger charge is 2.30. The molecule has 0 spiro atoms. The van der Waals surface area contributed by atoms with Gasteiger partial charge in [-0.2, -0.15) is 0 Å². The van der Waals surface area contributed by atoms with E-state index in [-0.39, 0.29) is 48.6 Å². The number of benzene rings is 3. The van der Waals surface area contributed by atoms with Crippen LogP contribution in [0.15, 0.2) is 83.9 Å². The standard InChI is InChI=1S/C30H28N4O7.ClH/c1-31(2)15-16-41-28-13-7-23(8-14-28)30(36)32-19-24(17-21-3-9-26(10-4-21)33(37)38)29(35)25(20-32)18-22-5-11-27(12-6-22)34(39)40;/h3-14,17-18H,15-16,19-20H2,1-2H3;1H/b24-17+,25-18+;. The van der Waals surface area contributed by atoms with Gasteiger partial charge in [-0.05, 0) is 85.9 Å². The highest BCUT2D eigenvalue weighted by atomic mass is 35.5. The first-order chi connectivity index (χ1) is 19.6. The number of piperidine rings is 1. The van der Waals surface area contributed by atoms with Gasteiger partial charge in [-0.25, -0.2) is 0 Å². The van der Waals surface area contributed by atoms with E-state index in [1.807, 2.05) is 19.0 Å². The molecule has 0 N–H and O–H groups in total. The minimum absolute atomic E-state index is 0. The summed E-state index contributed by atoms with van der Waals surface area (Å²) in [5, 5.41) is 22.0. The number of hydrogen-bond donors (Lipinski definition) is 0. The van der Waals surface area contributed by atoms with Crippen molar-refractivity contribution in [2.75, 3.05) is 40.3 Å². The Labute approximate surface area is 248 Å². The first-order valence-electron chi connectivity index (χ1n) is 12.7. The number of rotatable bonds is 9. The van der Waals surface area contributed by atoms with Crippen molar-refractivity contribution in [1.29, 1.82) is 0 Å². The van der Waals surface area contributed by atoms with Crippen LogP contribution in [0, 0.1) is 20.2 Å². The van der Waals surface area contributed by atoms with Crippen LogP contribution in [0.25, 0.3) is 12.2 Å². The van der Waals surface area contributed by atoms with Crippen molar-refractivity contribution in [2.45, 2.75) is 0 Å². The number of nitro benzene ring substituents is 2.